The molecule has 1 aliphatic rings. The molecule has 3 heterocycles. The van der Waals surface area contributed by atoms with Crippen molar-refractivity contribution in [1.82, 2.24) is 19.9 Å². The molecule has 0 atom stereocenters. The van der Waals surface area contributed by atoms with Crippen LogP contribution in [0.15, 0.2) is 30.7 Å². The highest BCUT2D eigenvalue weighted by Crippen LogP contribution is 2.21. The molecule has 3 rings (SSSR count). The summed E-state index contributed by atoms with van der Waals surface area (Å²) < 4.78 is 12.8. The minimum Gasteiger partial charge on any atom is -0.299 e. The highest BCUT2D eigenvalue weighted by molar-refractivity contribution is 5.48. The molecule has 0 radical (unpaired) electrons. The molecule has 5 heteroatoms. The molecule has 2 aromatic rings. The lowest BCUT2D eigenvalue weighted by Gasteiger charge is -2.31. The van der Waals surface area contributed by atoms with Crippen LogP contribution in [0.3, 0.4) is 0 Å². The van der Waals surface area contributed by atoms with Gasteiger partial charge in [0.15, 0.2) is 11.6 Å². The van der Waals surface area contributed by atoms with Crippen molar-refractivity contribution in [2.45, 2.75) is 32.7 Å². The molecule has 0 unspecified atom stereocenters. The van der Waals surface area contributed by atoms with Crippen LogP contribution in [0.1, 0.15) is 31.7 Å². The van der Waals surface area contributed by atoms with Crippen molar-refractivity contribution >= 4 is 0 Å². The van der Waals surface area contributed by atoms with Gasteiger partial charge in [0.2, 0.25) is 0 Å². The molecule has 2 aromatic heterocycles. The number of hydrogen-bond acceptors (Lipinski definition) is 4. The molecular weight excluding hydrogens is 279 g/mol. The normalized spacial score (nSPS) is 16.8. The smallest absolute Gasteiger partial charge is 0.178 e. The van der Waals surface area contributed by atoms with Crippen molar-refractivity contribution in [1.29, 1.82) is 0 Å². The fraction of sp³-hybridized carbons (Fsp3) is 0.471. The van der Waals surface area contributed by atoms with Gasteiger partial charge >= 0.3 is 0 Å². The Bertz CT molecular complexity index is 589. The molecule has 0 aromatic carbocycles. The quantitative estimate of drug-likeness (QED) is 0.869. The van der Waals surface area contributed by atoms with Gasteiger partial charge in [0.25, 0.3) is 0 Å². The number of rotatable bonds is 4. The van der Waals surface area contributed by atoms with Crippen molar-refractivity contribution in [3.63, 3.8) is 0 Å². The molecule has 1 aliphatic heterocycles. The summed E-state index contributed by atoms with van der Waals surface area (Å²) in [5, 5.41) is 0. The SMILES string of the molecule is CCC1CCN(Cc2ccc(-c3ncc(F)cn3)nc2)CC1. The molecular formula is C17H21FN4. The highest BCUT2D eigenvalue weighted by atomic mass is 19.1. The third-order valence-electron chi connectivity index (χ3n) is 4.36. The van der Waals surface area contributed by atoms with Crippen LogP contribution in [0.4, 0.5) is 4.39 Å². The number of piperidine rings is 1. The number of pyridine rings is 1. The van der Waals surface area contributed by atoms with E-state index < -0.39 is 5.82 Å². The molecule has 0 spiro atoms. The molecule has 1 fully saturated rings. The predicted molar refractivity (Wildman–Crippen MR) is 83.5 cm³/mol. The van der Waals surface area contributed by atoms with Crippen LogP contribution in [0.2, 0.25) is 0 Å². The second-order valence-corrected chi connectivity index (χ2v) is 5.90. The minimum atomic E-state index is -0.434. The van der Waals surface area contributed by atoms with Crippen LogP contribution < -0.4 is 0 Å². The topological polar surface area (TPSA) is 41.9 Å². The van der Waals surface area contributed by atoms with Gasteiger partial charge in [-0.15, -0.1) is 0 Å². The lowest BCUT2D eigenvalue weighted by atomic mass is 9.94. The number of likely N-dealkylation sites (tertiary alicyclic amines) is 1. The van der Waals surface area contributed by atoms with Crippen LogP contribution >= 0.6 is 0 Å². The molecule has 1 saturated heterocycles. The summed E-state index contributed by atoms with van der Waals surface area (Å²) in [7, 11) is 0. The van der Waals surface area contributed by atoms with Gasteiger partial charge in [-0.25, -0.2) is 14.4 Å². The molecule has 116 valence electrons. The summed E-state index contributed by atoms with van der Waals surface area (Å²) in [4.78, 5) is 14.8. The fourth-order valence-corrected chi connectivity index (χ4v) is 2.91. The molecule has 0 aliphatic carbocycles. The average molecular weight is 300 g/mol. The van der Waals surface area contributed by atoms with Crippen LogP contribution in [0.25, 0.3) is 11.5 Å². The maximum atomic E-state index is 12.8. The summed E-state index contributed by atoms with van der Waals surface area (Å²) >= 11 is 0. The summed E-state index contributed by atoms with van der Waals surface area (Å²) in [6.07, 6.45) is 8.08. The number of aromatic nitrogens is 3. The largest absolute Gasteiger partial charge is 0.299 e. The van der Waals surface area contributed by atoms with Crippen LogP contribution in [0, 0.1) is 11.7 Å². The van der Waals surface area contributed by atoms with Crippen molar-refractivity contribution in [3.8, 4) is 11.5 Å². The van der Waals surface area contributed by atoms with Gasteiger partial charge in [-0.2, -0.15) is 0 Å². The molecule has 22 heavy (non-hydrogen) atoms. The van der Waals surface area contributed by atoms with E-state index in [2.05, 4.69) is 32.8 Å². The van der Waals surface area contributed by atoms with Gasteiger partial charge in [-0.3, -0.25) is 9.88 Å². The van der Waals surface area contributed by atoms with Crippen molar-refractivity contribution < 1.29 is 4.39 Å². The number of nitrogens with zero attached hydrogens (tertiary/aromatic N) is 4. The van der Waals surface area contributed by atoms with E-state index >= 15 is 0 Å². The first-order chi connectivity index (χ1) is 10.7. The van der Waals surface area contributed by atoms with E-state index in [0.717, 1.165) is 24.9 Å². The van der Waals surface area contributed by atoms with E-state index in [1.165, 1.54) is 37.9 Å². The Hall–Kier alpha value is -1.88. The molecule has 0 amide bonds. The van der Waals surface area contributed by atoms with Crippen LogP contribution in [0.5, 0.6) is 0 Å². The lowest BCUT2D eigenvalue weighted by Crippen LogP contribution is -2.33. The second kappa shape index (κ2) is 6.92. The van der Waals surface area contributed by atoms with Gasteiger partial charge in [-0.05, 0) is 43.5 Å². The van der Waals surface area contributed by atoms with Crippen LogP contribution in [-0.4, -0.2) is 32.9 Å². The van der Waals surface area contributed by atoms with Gasteiger partial charge in [0, 0.05) is 12.7 Å². The Morgan fingerprint density at radius 2 is 1.82 bits per heavy atom. The Morgan fingerprint density at radius 3 is 2.41 bits per heavy atom. The Morgan fingerprint density at radius 1 is 1.09 bits per heavy atom. The Kier molecular flexibility index (Phi) is 4.73. The molecule has 0 bridgehead atoms. The van der Waals surface area contributed by atoms with Gasteiger partial charge in [0.05, 0.1) is 12.4 Å². The summed E-state index contributed by atoms with van der Waals surface area (Å²) in [5.41, 5.74) is 1.87. The Labute approximate surface area is 130 Å². The van der Waals surface area contributed by atoms with Crippen molar-refractivity contribution in [3.05, 3.63) is 42.1 Å². The van der Waals surface area contributed by atoms with Crippen molar-refractivity contribution in [2.75, 3.05) is 13.1 Å². The summed E-state index contributed by atoms with van der Waals surface area (Å²) in [6, 6.07) is 3.96. The molecule has 0 N–H and O–H groups in total. The Balaban J connectivity index is 1.61. The maximum absolute atomic E-state index is 12.8. The first-order valence-corrected chi connectivity index (χ1v) is 7.90. The van der Waals surface area contributed by atoms with Crippen LogP contribution in [-0.2, 0) is 6.54 Å². The van der Waals surface area contributed by atoms with E-state index in [9.17, 15) is 4.39 Å². The van der Waals surface area contributed by atoms with E-state index in [-0.39, 0.29) is 0 Å². The van der Waals surface area contributed by atoms with E-state index in [4.69, 9.17) is 0 Å². The van der Waals surface area contributed by atoms with E-state index in [1.807, 2.05) is 12.3 Å². The fourth-order valence-electron chi connectivity index (χ4n) is 2.91. The second-order valence-electron chi connectivity index (χ2n) is 5.90. The summed E-state index contributed by atoms with van der Waals surface area (Å²) in [6.45, 7) is 5.55. The average Bonchev–Trinajstić information content (AvgIpc) is 2.57. The monoisotopic (exact) mass is 300 g/mol. The third-order valence-corrected chi connectivity index (χ3v) is 4.36. The predicted octanol–water partition coefficient (Wildman–Crippen LogP) is 3.30. The first kappa shape index (κ1) is 15.0. The lowest BCUT2D eigenvalue weighted by molar-refractivity contribution is 0.175. The molecule has 4 nitrogen and oxygen atoms in total. The summed E-state index contributed by atoms with van der Waals surface area (Å²) in [5.74, 6) is 0.917. The van der Waals surface area contributed by atoms with Gasteiger partial charge < -0.3 is 0 Å². The number of hydrogen-bond donors (Lipinski definition) is 0. The molecule has 0 saturated carbocycles. The maximum Gasteiger partial charge on any atom is 0.178 e. The zero-order chi connectivity index (χ0) is 15.4. The number of halogens is 1. The highest BCUT2D eigenvalue weighted by Gasteiger charge is 2.17. The zero-order valence-electron chi connectivity index (χ0n) is 12.9. The standard InChI is InChI=1S/C17H21FN4/c1-2-13-5-7-22(8-6-13)12-14-3-4-16(19-9-14)17-20-10-15(18)11-21-17/h3-4,9-11,13H,2,5-8,12H2,1H3. The van der Waals surface area contributed by atoms with E-state index in [1.54, 1.807) is 0 Å². The van der Waals surface area contributed by atoms with E-state index in [0.29, 0.717) is 11.5 Å². The van der Waals surface area contributed by atoms with Gasteiger partial charge in [0.1, 0.15) is 5.69 Å². The third kappa shape index (κ3) is 3.65. The van der Waals surface area contributed by atoms with Gasteiger partial charge in [-0.1, -0.05) is 19.4 Å². The minimum absolute atomic E-state index is 0.434. The first-order valence-electron chi connectivity index (χ1n) is 7.90. The zero-order valence-corrected chi connectivity index (χ0v) is 12.9. The van der Waals surface area contributed by atoms with Crippen molar-refractivity contribution in [2.24, 2.45) is 5.92 Å².